The fraction of sp³-hybridized carbons (Fsp3) is 0.562. The van der Waals surface area contributed by atoms with Crippen molar-refractivity contribution in [3.63, 3.8) is 0 Å². The van der Waals surface area contributed by atoms with Crippen LogP contribution in [0.15, 0.2) is 18.2 Å². The topological polar surface area (TPSA) is 46.3 Å². The Kier molecular flexibility index (Phi) is 6.34. The van der Waals surface area contributed by atoms with Crippen molar-refractivity contribution in [2.45, 2.75) is 46.6 Å². The summed E-state index contributed by atoms with van der Waals surface area (Å²) in [6, 6.07) is 5.42. The fourth-order valence-corrected chi connectivity index (χ4v) is 2.69. The molecule has 2 N–H and O–H groups in total. The van der Waals surface area contributed by atoms with Gasteiger partial charge in [0.05, 0.1) is 10.6 Å². The monoisotopic (exact) mass is 296 g/mol. The molecule has 0 fully saturated rings. The molecule has 0 radical (unpaired) electrons. The lowest BCUT2D eigenvalue weighted by Crippen LogP contribution is -2.42. The largest absolute Gasteiger partial charge is 0.398 e. The number of hydrogen-bond acceptors (Lipinski definition) is 2. The number of amides is 1. The van der Waals surface area contributed by atoms with Crippen molar-refractivity contribution >= 4 is 23.2 Å². The number of nitrogen functional groups attached to an aromatic ring is 1. The van der Waals surface area contributed by atoms with Crippen LogP contribution in [0.25, 0.3) is 0 Å². The van der Waals surface area contributed by atoms with E-state index in [0.717, 1.165) is 19.4 Å². The third-order valence-electron chi connectivity index (χ3n) is 3.47. The maximum absolute atomic E-state index is 12.8. The molecule has 4 heteroatoms. The van der Waals surface area contributed by atoms with Crippen LogP contribution in [0.4, 0.5) is 5.69 Å². The Morgan fingerprint density at radius 3 is 2.35 bits per heavy atom. The molecule has 0 bridgehead atoms. The van der Waals surface area contributed by atoms with Crippen molar-refractivity contribution in [1.82, 2.24) is 4.90 Å². The van der Waals surface area contributed by atoms with Crippen LogP contribution in [0.5, 0.6) is 0 Å². The Hall–Kier alpha value is -1.22. The Morgan fingerprint density at radius 2 is 1.90 bits per heavy atom. The quantitative estimate of drug-likeness (QED) is 0.799. The third-order valence-corrected chi connectivity index (χ3v) is 3.78. The highest BCUT2D eigenvalue weighted by Crippen LogP contribution is 2.26. The molecule has 1 aromatic carbocycles. The van der Waals surface area contributed by atoms with Crippen molar-refractivity contribution in [2.24, 2.45) is 5.92 Å². The lowest BCUT2D eigenvalue weighted by atomic mass is 10.0. The first-order valence-corrected chi connectivity index (χ1v) is 7.65. The average Bonchev–Trinajstić information content (AvgIpc) is 2.38. The minimum absolute atomic E-state index is 0.0597. The second-order valence-corrected chi connectivity index (χ2v) is 5.93. The van der Waals surface area contributed by atoms with Crippen molar-refractivity contribution in [3.8, 4) is 0 Å². The van der Waals surface area contributed by atoms with Gasteiger partial charge in [-0.3, -0.25) is 4.79 Å². The van der Waals surface area contributed by atoms with Gasteiger partial charge in [0.25, 0.3) is 5.91 Å². The minimum Gasteiger partial charge on any atom is -0.398 e. The van der Waals surface area contributed by atoms with E-state index < -0.39 is 0 Å². The molecule has 1 rings (SSSR count). The maximum Gasteiger partial charge on any atom is 0.257 e. The number of halogens is 1. The molecule has 0 spiro atoms. The highest BCUT2D eigenvalue weighted by atomic mass is 35.5. The van der Waals surface area contributed by atoms with E-state index in [-0.39, 0.29) is 11.9 Å². The standard InChI is InChI=1S/C16H25ClN2O/c1-5-12(6-2)19(10-11(3)4)16(20)15-13(17)8-7-9-14(15)18/h7-9,11-12H,5-6,10,18H2,1-4H3. The van der Waals surface area contributed by atoms with Gasteiger partial charge >= 0.3 is 0 Å². The lowest BCUT2D eigenvalue weighted by Gasteiger charge is -2.32. The van der Waals surface area contributed by atoms with Gasteiger partial charge in [-0.2, -0.15) is 0 Å². The second kappa shape index (κ2) is 7.53. The van der Waals surface area contributed by atoms with Gasteiger partial charge in [-0.05, 0) is 30.9 Å². The molecule has 20 heavy (non-hydrogen) atoms. The van der Waals surface area contributed by atoms with Crippen molar-refractivity contribution in [2.75, 3.05) is 12.3 Å². The number of nitrogens with zero attached hydrogens (tertiary/aromatic N) is 1. The average molecular weight is 297 g/mol. The van der Waals surface area contributed by atoms with Crippen LogP contribution in [0.1, 0.15) is 50.9 Å². The van der Waals surface area contributed by atoms with Crippen molar-refractivity contribution < 1.29 is 4.79 Å². The van der Waals surface area contributed by atoms with Crippen molar-refractivity contribution in [3.05, 3.63) is 28.8 Å². The number of rotatable bonds is 6. The number of carbonyl (C=O) groups is 1. The molecule has 3 nitrogen and oxygen atoms in total. The molecule has 0 aliphatic rings. The van der Waals surface area contributed by atoms with Crippen molar-refractivity contribution in [1.29, 1.82) is 0 Å². The minimum atomic E-state index is -0.0597. The summed E-state index contributed by atoms with van der Waals surface area (Å²) < 4.78 is 0. The summed E-state index contributed by atoms with van der Waals surface area (Å²) in [4.78, 5) is 14.8. The van der Waals surface area contributed by atoms with Gasteiger partial charge in [-0.1, -0.05) is 45.4 Å². The predicted octanol–water partition coefficient (Wildman–Crippen LogP) is 4.21. The van der Waals surface area contributed by atoms with E-state index in [1.165, 1.54) is 0 Å². The molecule has 0 heterocycles. The SMILES string of the molecule is CCC(CC)N(CC(C)C)C(=O)c1c(N)cccc1Cl. The predicted molar refractivity (Wildman–Crippen MR) is 86.1 cm³/mol. The molecule has 0 saturated heterocycles. The van der Waals surface area contributed by atoms with Gasteiger partial charge in [-0.25, -0.2) is 0 Å². The van der Waals surface area contributed by atoms with Crippen LogP contribution < -0.4 is 5.73 Å². The zero-order valence-electron chi connectivity index (χ0n) is 12.8. The van der Waals surface area contributed by atoms with Gasteiger partial charge in [0.15, 0.2) is 0 Å². The van der Waals surface area contributed by atoms with Gasteiger partial charge in [0.2, 0.25) is 0 Å². The molecule has 112 valence electrons. The summed E-state index contributed by atoms with van der Waals surface area (Å²) in [7, 11) is 0. The van der Waals surface area contributed by atoms with E-state index >= 15 is 0 Å². The zero-order valence-corrected chi connectivity index (χ0v) is 13.6. The van der Waals surface area contributed by atoms with E-state index in [0.29, 0.717) is 22.2 Å². The first kappa shape index (κ1) is 16.8. The molecular weight excluding hydrogens is 272 g/mol. The summed E-state index contributed by atoms with van der Waals surface area (Å²) in [6.45, 7) is 9.14. The number of carbonyl (C=O) groups excluding carboxylic acids is 1. The summed E-state index contributed by atoms with van der Waals surface area (Å²) >= 11 is 6.17. The molecule has 0 aromatic heterocycles. The first-order valence-electron chi connectivity index (χ1n) is 7.27. The number of nitrogens with two attached hydrogens (primary N) is 1. The van der Waals surface area contributed by atoms with E-state index in [4.69, 9.17) is 17.3 Å². The highest BCUT2D eigenvalue weighted by molar-refractivity contribution is 6.34. The number of hydrogen-bond donors (Lipinski definition) is 1. The molecule has 0 aliphatic heterocycles. The van der Waals surface area contributed by atoms with Crippen LogP contribution in [0.3, 0.4) is 0 Å². The first-order chi connectivity index (χ1) is 9.42. The van der Waals surface area contributed by atoms with Gasteiger partial charge in [-0.15, -0.1) is 0 Å². The van der Waals surface area contributed by atoms with Crippen LogP contribution in [0, 0.1) is 5.92 Å². The molecule has 0 unspecified atom stereocenters. The molecule has 1 aromatic rings. The van der Waals surface area contributed by atoms with Crippen LogP contribution >= 0.6 is 11.6 Å². The summed E-state index contributed by atoms with van der Waals surface area (Å²) in [6.07, 6.45) is 1.86. The summed E-state index contributed by atoms with van der Waals surface area (Å²) in [5.41, 5.74) is 6.82. The number of anilines is 1. The van der Waals surface area contributed by atoms with Crippen LogP contribution in [-0.2, 0) is 0 Å². The Labute approximate surface area is 127 Å². The smallest absolute Gasteiger partial charge is 0.257 e. The highest BCUT2D eigenvalue weighted by Gasteiger charge is 2.26. The number of benzene rings is 1. The Morgan fingerprint density at radius 1 is 1.30 bits per heavy atom. The van der Waals surface area contributed by atoms with E-state index in [9.17, 15) is 4.79 Å². The molecule has 0 aliphatic carbocycles. The third kappa shape index (κ3) is 3.89. The fourth-order valence-electron chi connectivity index (χ4n) is 2.43. The van der Waals surface area contributed by atoms with Gasteiger partial charge in [0.1, 0.15) is 0 Å². The summed E-state index contributed by atoms with van der Waals surface area (Å²) in [5.74, 6) is 0.346. The molecular formula is C16H25ClN2O. The van der Waals surface area contributed by atoms with Crippen LogP contribution in [0.2, 0.25) is 5.02 Å². The molecule has 1 amide bonds. The zero-order chi connectivity index (χ0) is 15.3. The summed E-state index contributed by atoms with van der Waals surface area (Å²) in [5, 5.41) is 0.426. The van der Waals surface area contributed by atoms with E-state index in [1.807, 2.05) is 4.90 Å². The maximum atomic E-state index is 12.8. The molecule has 0 saturated carbocycles. The van der Waals surface area contributed by atoms with Gasteiger partial charge < -0.3 is 10.6 Å². The van der Waals surface area contributed by atoms with E-state index in [2.05, 4.69) is 27.7 Å². The van der Waals surface area contributed by atoms with E-state index in [1.54, 1.807) is 18.2 Å². The van der Waals surface area contributed by atoms with Gasteiger partial charge in [0, 0.05) is 18.3 Å². The normalized spacial score (nSPS) is 11.2. The van der Waals surface area contributed by atoms with Crippen LogP contribution in [-0.4, -0.2) is 23.4 Å². The molecule has 0 atom stereocenters. The Bertz CT molecular complexity index is 436. The second-order valence-electron chi connectivity index (χ2n) is 5.53. The Balaban J connectivity index is 3.16. The lowest BCUT2D eigenvalue weighted by molar-refractivity contribution is 0.0641.